The Morgan fingerprint density at radius 1 is 0.971 bits per heavy atom. The number of amides is 1. The Morgan fingerprint density at radius 3 is 2.29 bits per heavy atom. The molecule has 7 nitrogen and oxygen atoms in total. The minimum absolute atomic E-state index is 0.00261. The van der Waals surface area contributed by atoms with E-state index in [1.54, 1.807) is 31.2 Å². The summed E-state index contributed by atoms with van der Waals surface area (Å²) >= 11 is 0. The Balaban J connectivity index is 1.88. The fourth-order valence-corrected chi connectivity index (χ4v) is 4.22. The zero-order chi connectivity index (χ0) is 25.6. The molecule has 0 saturated carbocycles. The summed E-state index contributed by atoms with van der Waals surface area (Å²) in [4.78, 5) is 12.7. The van der Waals surface area contributed by atoms with E-state index in [1.165, 1.54) is 30.3 Å². The van der Waals surface area contributed by atoms with Gasteiger partial charge in [-0.2, -0.15) is 13.7 Å². The molecule has 0 spiro atoms. The monoisotopic (exact) mass is 490 g/mol. The lowest BCUT2D eigenvalue weighted by atomic mass is 10.1. The molecule has 3 aromatic carbocycles. The van der Waals surface area contributed by atoms with Gasteiger partial charge in [-0.15, -0.1) is 0 Å². The Bertz CT molecular complexity index is 1420. The predicted octanol–water partition coefficient (Wildman–Crippen LogP) is 5.32. The molecule has 35 heavy (non-hydrogen) atoms. The first-order valence-corrected chi connectivity index (χ1v) is 12.3. The number of hydrogen-bond acceptors (Lipinski definition) is 6. The third-order valence-electron chi connectivity index (χ3n) is 5.08. The van der Waals surface area contributed by atoms with E-state index in [0.717, 1.165) is 16.7 Å². The van der Waals surface area contributed by atoms with Crippen molar-refractivity contribution in [3.63, 3.8) is 0 Å². The van der Waals surface area contributed by atoms with Crippen LogP contribution in [0.15, 0.2) is 71.1 Å². The lowest BCUT2D eigenvalue weighted by Gasteiger charge is -2.13. The lowest BCUT2D eigenvalue weighted by molar-refractivity contribution is -0.112. The van der Waals surface area contributed by atoms with Gasteiger partial charge in [-0.3, -0.25) is 4.79 Å². The number of nitriles is 1. The first kappa shape index (κ1) is 25.5. The summed E-state index contributed by atoms with van der Waals surface area (Å²) in [6.07, 6.45) is 1.40. The van der Waals surface area contributed by atoms with Crippen molar-refractivity contribution in [2.45, 2.75) is 32.6 Å². The number of aryl methyl sites for hydroxylation is 3. The van der Waals surface area contributed by atoms with Crippen molar-refractivity contribution in [3.8, 4) is 17.6 Å². The number of nitrogens with zero attached hydrogens (tertiary/aromatic N) is 1. The molecule has 0 aliphatic carbocycles. The maximum absolute atomic E-state index is 12.7. The van der Waals surface area contributed by atoms with Crippen LogP contribution in [0.1, 0.15) is 29.2 Å². The molecule has 180 valence electrons. The van der Waals surface area contributed by atoms with Gasteiger partial charge < -0.3 is 14.2 Å². The third-order valence-corrected chi connectivity index (χ3v) is 6.33. The van der Waals surface area contributed by atoms with Gasteiger partial charge in [-0.25, -0.2) is 0 Å². The zero-order valence-corrected chi connectivity index (χ0v) is 20.8. The van der Waals surface area contributed by atoms with E-state index in [0.29, 0.717) is 11.3 Å². The van der Waals surface area contributed by atoms with Crippen LogP contribution in [0.4, 0.5) is 5.69 Å². The maximum Gasteiger partial charge on any atom is 0.339 e. The van der Waals surface area contributed by atoms with Gasteiger partial charge in [0, 0.05) is 5.69 Å². The van der Waals surface area contributed by atoms with Crippen LogP contribution in [-0.2, 0) is 14.9 Å². The molecule has 0 fully saturated rings. The van der Waals surface area contributed by atoms with Gasteiger partial charge in [-0.05, 0) is 75.2 Å². The molecule has 0 radical (unpaired) electrons. The highest BCUT2D eigenvalue weighted by Gasteiger charge is 2.20. The Morgan fingerprint density at radius 2 is 1.66 bits per heavy atom. The van der Waals surface area contributed by atoms with E-state index in [9.17, 15) is 18.5 Å². The highest BCUT2D eigenvalue weighted by molar-refractivity contribution is 7.87. The summed E-state index contributed by atoms with van der Waals surface area (Å²) in [6, 6.07) is 18.3. The van der Waals surface area contributed by atoms with Crippen LogP contribution >= 0.6 is 0 Å². The first-order chi connectivity index (χ1) is 16.6. The van der Waals surface area contributed by atoms with Gasteiger partial charge in [-0.1, -0.05) is 41.5 Å². The van der Waals surface area contributed by atoms with Gasteiger partial charge in [0.05, 0.1) is 6.61 Å². The fourth-order valence-electron chi connectivity index (χ4n) is 3.28. The van der Waals surface area contributed by atoms with Crippen molar-refractivity contribution in [1.82, 2.24) is 0 Å². The number of carbonyl (C=O) groups is 1. The molecule has 0 unspecified atom stereocenters. The van der Waals surface area contributed by atoms with Gasteiger partial charge in [0.2, 0.25) is 0 Å². The topological polar surface area (TPSA) is 105 Å². The molecule has 3 aromatic rings. The summed E-state index contributed by atoms with van der Waals surface area (Å²) in [5, 5.41) is 12.3. The summed E-state index contributed by atoms with van der Waals surface area (Å²) < 4.78 is 36.3. The van der Waals surface area contributed by atoms with Crippen molar-refractivity contribution in [2.75, 3.05) is 11.9 Å². The van der Waals surface area contributed by atoms with Crippen LogP contribution in [0.2, 0.25) is 0 Å². The van der Waals surface area contributed by atoms with Crippen molar-refractivity contribution >= 4 is 27.8 Å². The van der Waals surface area contributed by atoms with E-state index < -0.39 is 16.0 Å². The molecule has 3 rings (SSSR count). The van der Waals surface area contributed by atoms with Crippen LogP contribution < -0.4 is 14.2 Å². The van der Waals surface area contributed by atoms with Crippen molar-refractivity contribution in [1.29, 1.82) is 5.26 Å². The number of rotatable bonds is 8. The minimum Gasteiger partial charge on any atom is -0.490 e. The molecule has 0 aliphatic heterocycles. The van der Waals surface area contributed by atoms with Crippen LogP contribution in [0.3, 0.4) is 0 Å². The quantitative estimate of drug-likeness (QED) is 0.260. The fraction of sp³-hybridized carbons (Fsp3) is 0.185. The summed E-state index contributed by atoms with van der Waals surface area (Å²) in [5.74, 6) is -0.383. The standard InChI is InChI=1S/C27H26N2O5S/c1-5-33-26-16-21(9-13-25(26)34-35(31,32)23-10-6-18(2)7-11-23)15-22(17-28)27(30)29-24-12-8-19(3)14-20(24)4/h6-16H,5H2,1-4H3,(H,29,30)/b22-15+. The Hall–Kier alpha value is -4.09. The summed E-state index contributed by atoms with van der Waals surface area (Å²) in [7, 11) is -4.08. The highest BCUT2D eigenvalue weighted by Crippen LogP contribution is 2.32. The van der Waals surface area contributed by atoms with E-state index in [2.05, 4.69) is 5.32 Å². The lowest BCUT2D eigenvalue weighted by Crippen LogP contribution is -2.14. The average Bonchev–Trinajstić information content (AvgIpc) is 2.81. The molecule has 0 aromatic heterocycles. The smallest absolute Gasteiger partial charge is 0.339 e. The predicted molar refractivity (Wildman–Crippen MR) is 135 cm³/mol. The molecule has 8 heteroatoms. The second-order valence-corrected chi connectivity index (χ2v) is 9.48. The third kappa shape index (κ3) is 6.49. The number of ether oxygens (including phenoxy) is 1. The Labute approximate surface area is 205 Å². The first-order valence-electron chi connectivity index (χ1n) is 10.9. The van der Waals surface area contributed by atoms with Crippen LogP contribution in [0.25, 0.3) is 6.08 Å². The number of carbonyl (C=O) groups excluding carboxylic acids is 1. The molecule has 1 N–H and O–H groups in total. The second kappa shape index (κ2) is 10.9. The average molecular weight is 491 g/mol. The van der Waals surface area contributed by atoms with Crippen LogP contribution in [0.5, 0.6) is 11.5 Å². The minimum atomic E-state index is -4.08. The van der Waals surface area contributed by atoms with Gasteiger partial charge in [0.15, 0.2) is 11.5 Å². The second-order valence-electron chi connectivity index (χ2n) is 7.93. The number of hydrogen-bond donors (Lipinski definition) is 1. The van der Waals surface area contributed by atoms with Gasteiger partial charge >= 0.3 is 10.1 Å². The molecule has 0 atom stereocenters. The molecule has 0 bridgehead atoms. The molecular weight excluding hydrogens is 464 g/mol. The van der Waals surface area contributed by atoms with E-state index in [-0.39, 0.29) is 28.6 Å². The molecule has 1 amide bonds. The summed E-state index contributed by atoms with van der Waals surface area (Å²) in [6.45, 7) is 7.68. The largest absolute Gasteiger partial charge is 0.490 e. The van der Waals surface area contributed by atoms with Gasteiger partial charge in [0.25, 0.3) is 5.91 Å². The maximum atomic E-state index is 12.7. The molecule has 0 heterocycles. The number of nitrogens with one attached hydrogen (secondary N) is 1. The Kier molecular flexibility index (Phi) is 7.94. The molecule has 0 aliphatic rings. The normalized spacial score (nSPS) is 11.5. The number of anilines is 1. The van der Waals surface area contributed by atoms with Crippen LogP contribution in [0, 0.1) is 32.1 Å². The van der Waals surface area contributed by atoms with Crippen LogP contribution in [-0.4, -0.2) is 20.9 Å². The molecular formula is C27H26N2O5S. The SMILES string of the molecule is CCOc1cc(/C=C(\C#N)C(=O)Nc2ccc(C)cc2C)ccc1OS(=O)(=O)c1ccc(C)cc1. The number of benzene rings is 3. The van der Waals surface area contributed by atoms with Gasteiger partial charge in [0.1, 0.15) is 16.5 Å². The zero-order valence-electron chi connectivity index (χ0n) is 20.0. The van der Waals surface area contributed by atoms with Crippen molar-refractivity contribution in [2.24, 2.45) is 0 Å². The van der Waals surface area contributed by atoms with E-state index in [4.69, 9.17) is 8.92 Å². The van der Waals surface area contributed by atoms with E-state index in [1.807, 2.05) is 39.0 Å². The molecule has 0 saturated heterocycles. The van der Waals surface area contributed by atoms with Crippen molar-refractivity contribution < 1.29 is 22.1 Å². The van der Waals surface area contributed by atoms with E-state index >= 15 is 0 Å². The summed E-state index contributed by atoms with van der Waals surface area (Å²) in [5.41, 5.74) is 3.83. The van der Waals surface area contributed by atoms with Crippen molar-refractivity contribution in [3.05, 3.63) is 88.5 Å². The highest BCUT2D eigenvalue weighted by atomic mass is 32.2.